The van der Waals surface area contributed by atoms with Gasteiger partial charge in [-0.15, -0.1) is 23.1 Å². The fraction of sp³-hybridized carbons (Fsp3) is 0.379. The average molecular weight is 611 g/mol. The van der Waals surface area contributed by atoms with Crippen LogP contribution in [0.25, 0.3) is 10.2 Å². The second kappa shape index (κ2) is 14.8. The molecule has 0 saturated heterocycles. The molecule has 1 aromatic heterocycles. The molecular weight excluding hydrogens is 576 g/mol. The zero-order valence-corrected chi connectivity index (χ0v) is 25.3. The topological polar surface area (TPSA) is 151 Å². The lowest BCUT2D eigenvalue weighted by Gasteiger charge is -2.18. The molecule has 0 saturated carbocycles. The molecule has 1 unspecified atom stereocenters. The van der Waals surface area contributed by atoms with Gasteiger partial charge in [0.25, 0.3) is 0 Å². The van der Waals surface area contributed by atoms with Crippen LogP contribution in [0, 0.1) is 0 Å². The molecule has 222 valence electrons. The Morgan fingerprint density at radius 3 is 2.45 bits per heavy atom. The summed E-state index contributed by atoms with van der Waals surface area (Å²) in [5.74, 6) is 0.228. The van der Waals surface area contributed by atoms with Crippen LogP contribution in [0.5, 0.6) is 0 Å². The van der Waals surface area contributed by atoms with Crippen LogP contribution in [0.2, 0.25) is 0 Å². The van der Waals surface area contributed by atoms with Crippen molar-refractivity contribution in [3.8, 4) is 0 Å². The van der Waals surface area contributed by atoms with E-state index >= 15 is 0 Å². The van der Waals surface area contributed by atoms with E-state index in [-0.39, 0.29) is 24.3 Å². The Hall–Kier alpha value is -3.97. The molecule has 1 aliphatic rings. The molecule has 0 fully saturated rings. The molecule has 0 aliphatic carbocycles. The van der Waals surface area contributed by atoms with E-state index in [1.54, 1.807) is 53.4 Å². The number of fused-ring (bicyclic) bond motifs is 1. The number of nitrogens with one attached hydrogen (secondary N) is 4. The maximum absolute atomic E-state index is 12.8. The lowest BCUT2D eigenvalue weighted by Crippen LogP contribution is -2.42. The molecular formula is C29H34N6O5S2. The number of aliphatic imine (C=N–C) groups is 1. The normalized spacial score (nSPS) is 15.0. The smallest absolute Gasteiger partial charge is 0.411 e. The highest BCUT2D eigenvalue weighted by molar-refractivity contribution is 8.15. The van der Waals surface area contributed by atoms with E-state index in [1.165, 1.54) is 13.8 Å². The Morgan fingerprint density at radius 1 is 1.00 bits per heavy atom. The summed E-state index contributed by atoms with van der Waals surface area (Å²) in [7, 11) is 0. The van der Waals surface area contributed by atoms with E-state index in [4.69, 9.17) is 4.74 Å². The number of rotatable bonds is 12. The van der Waals surface area contributed by atoms with Gasteiger partial charge in [-0.2, -0.15) is 0 Å². The van der Waals surface area contributed by atoms with Gasteiger partial charge in [-0.3, -0.25) is 24.7 Å². The molecule has 2 aromatic carbocycles. The van der Waals surface area contributed by atoms with E-state index in [0.717, 1.165) is 31.6 Å². The number of nitrogens with zero attached hydrogens (tertiary/aromatic N) is 2. The molecule has 11 nitrogen and oxygen atoms in total. The minimum Gasteiger partial charge on any atom is -0.444 e. The number of aromatic nitrogens is 1. The lowest BCUT2D eigenvalue weighted by atomic mass is 10.1. The highest BCUT2D eigenvalue weighted by Crippen LogP contribution is 2.31. The van der Waals surface area contributed by atoms with Gasteiger partial charge in [-0.05, 0) is 62.1 Å². The van der Waals surface area contributed by atoms with Crippen LogP contribution >= 0.6 is 23.1 Å². The molecule has 1 aliphatic heterocycles. The number of hydrogen-bond donors (Lipinski definition) is 4. The number of benzene rings is 2. The first kappa shape index (κ1) is 31.0. The van der Waals surface area contributed by atoms with E-state index in [1.807, 2.05) is 12.1 Å². The maximum atomic E-state index is 12.8. The molecule has 0 radical (unpaired) electrons. The second-order valence-corrected chi connectivity index (χ2v) is 12.0. The van der Waals surface area contributed by atoms with Crippen LogP contribution in [0.1, 0.15) is 50.6 Å². The van der Waals surface area contributed by atoms with Gasteiger partial charge in [-0.25, -0.2) is 9.78 Å². The minimum atomic E-state index is -0.693. The summed E-state index contributed by atoms with van der Waals surface area (Å²) in [6.45, 7) is 5.46. The first-order valence-corrected chi connectivity index (χ1v) is 15.4. The lowest BCUT2D eigenvalue weighted by molar-refractivity contribution is -0.125. The summed E-state index contributed by atoms with van der Waals surface area (Å²) < 4.78 is 6.33. The summed E-state index contributed by atoms with van der Waals surface area (Å²) in [5, 5.41) is 12.8. The molecule has 4 N–H and O–H groups in total. The Kier molecular flexibility index (Phi) is 10.9. The number of carbonyl (C=O) groups is 4. The zero-order chi connectivity index (χ0) is 30.1. The van der Waals surface area contributed by atoms with Crippen molar-refractivity contribution >= 4 is 73.5 Å². The van der Waals surface area contributed by atoms with Crippen molar-refractivity contribution in [1.82, 2.24) is 15.6 Å². The molecule has 2 atom stereocenters. The van der Waals surface area contributed by atoms with Gasteiger partial charge < -0.3 is 20.7 Å². The predicted octanol–water partition coefficient (Wildman–Crippen LogP) is 4.68. The van der Waals surface area contributed by atoms with Crippen LogP contribution in [-0.4, -0.2) is 58.2 Å². The Bertz CT molecular complexity index is 1470. The molecule has 3 aromatic rings. The Balaban J connectivity index is 1.24. The Morgan fingerprint density at radius 2 is 1.76 bits per heavy atom. The van der Waals surface area contributed by atoms with E-state index in [2.05, 4.69) is 38.2 Å². The molecule has 42 heavy (non-hydrogen) atoms. The highest BCUT2D eigenvalue weighted by Gasteiger charge is 2.20. The SMILES string of the molecule is CC(=O)NCCCCC(NC(C)=O)C(=O)Nc1ccc(COC(=O)Nc2ccc3nc(C4=N[C@@H](C)CS4)sc3c2)cc1. The standard InChI is InChI=1S/C29H34N6O5S2/c1-17-16-41-27(31-17)28-35-23-12-11-22(14-25(23)42-28)34-29(39)40-15-20-7-9-21(10-8-20)33-26(38)24(32-19(3)37)6-4-5-13-30-18(2)36/h7-12,14,17,24H,4-6,13,15-16H2,1-3H3,(H,30,36)(H,32,37)(H,33,38)(H,34,39)/t17-,24?/m0/s1. The monoisotopic (exact) mass is 610 g/mol. The summed E-state index contributed by atoms with van der Waals surface area (Å²) in [6, 6.07) is 12.0. The zero-order valence-electron chi connectivity index (χ0n) is 23.7. The third-order valence-corrected chi connectivity index (χ3v) is 8.57. The highest BCUT2D eigenvalue weighted by atomic mass is 32.2. The summed E-state index contributed by atoms with van der Waals surface area (Å²) >= 11 is 3.26. The van der Waals surface area contributed by atoms with Gasteiger partial charge in [0.05, 0.1) is 16.3 Å². The predicted molar refractivity (Wildman–Crippen MR) is 167 cm³/mol. The van der Waals surface area contributed by atoms with Crippen LogP contribution in [0.15, 0.2) is 47.5 Å². The van der Waals surface area contributed by atoms with Crippen LogP contribution in [0.4, 0.5) is 16.2 Å². The first-order valence-electron chi connectivity index (χ1n) is 13.6. The van der Waals surface area contributed by atoms with Crippen LogP contribution in [0.3, 0.4) is 0 Å². The maximum Gasteiger partial charge on any atom is 0.411 e. The van der Waals surface area contributed by atoms with Crippen molar-refractivity contribution in [1.29, 1.82) is 0 Å². The molecule has 0 spiro atoms. The van der Waals surface area contributed by atoms with Gasteiger partial charge >= 0.3 is 6.09 Å². The molecule has 2 heterocycles. The van der Waals surface area contributed by atoms with Gasteiger partial charge in [-0.1, -0.05) is 12.1 Å². The molecule has 4 amide bonds. The largest absolute Gasteiger partial charge is 0.444 e. The van der Waals surface area contributed by atoms with Crippen molar-refractivity contribution in [2.75, 3.05) is 22.9 Å². The summed E-state index contributed by atoms with van der Waals surface area (Å²) in [5.41, 5.74) is 2.76. The fourth-order valence-electron chi connectivity index (χ4n) is 4.15. The summed E-state index contributed by atoms with van der Waals surface area (Å²) in [6.07, 6.45) is 1.21. The quantitative estimate of drug-likeness (QED) is 0.218. The van der Waals surface area contributed by atoms with Gasteiger partial charge in [0, 0.05) is 37.5 Å². The number of amides is 4. The number of hydrogen-bond acceptors (Lipinski definition) is 9. The second-order valence-electron chi connectivity index (χ2n) is 9.91. The third-order valence-electron chi connectivity index (χ3n) is 6.20. The van der Waals surface area contributed by atoms with Crippen LogP contribution in [-0.2, 0) is 25.7 Å². The number of unbranched alkanes of at least 4 members (excludes halogenated alkanes) is 1. The Labute approximate surface area is 252 Å². The summed E-state index contributed by atoms with van der Waals surface area (Å²) in [4.78, 5) is 57.1. The molecule has 4 rings (SSSR count). The molecule has 13 heteroatoms. The van der Waals surface area contributed by atoms with Gasteiger partial charge in [0.1, 0.15) is 22.7 Å². The van der Waals surface area contributed by atoms with Crippen molar-refractivity contribution in [2.45, 2.75) is 58.7 Å². The van der Waals surface area contributed by atoms with E-state index < -0.39 is 12.1 Å². The number of thioether (sulfide) groups is 1. The van der Waals surface area contributed by atoms with Crippen molar-refractivity contribution in [3.05, 3.63) is 53.0 Å². The van der Waals surface area contributed by atoms with Crippen molar-refractivity contribution < 1.29 is 23.9 Å². The van der Waals surface area contributed by atoms with E-state index in [9.17, 15) is 19.2 Å². The van der Waals surface area contributed by atoms with Crippen molar-refractivity contribution in [3.63, 3.8) is 0 Å². The van der Waals surface area contributed by atoms with Crippen molar-refractivity contribution in [2.24, 2.45) is 4.99 Å². The molecule has 0 bridgehead atoms. The third kappa shape index (κ3) is 9.28. The number of anilines is 2. The number of ether oxygens (including phenoxy) is 1. The van der Waals surface area contributed by atoms with Crippen LogP contribution < -0.4 is 21.3 Å². The van der Waals surface area contributed by atoms with Gasteiger partial charge in [0.15, 0.2) is 0 Å². The van der Waals surface area contributed by atoms with E-state index in [0.29, 0.717) is 43.2 Å². The fourth-order valence-corrected chi connectivity index (χ4v) is 6.25. The van der Waals surface area contributed by atoms with Gasteiger partial charge in [0.2, 0.25) is 17.7 Å². The average Bonchev–Trinajstić information content (AvgIpc) is 3.57. The number of thiazole rings is 1. The minimum absolute atomic E-state index is 0.0467. The number of carbonyl (C=O) groups excluding carboxylic acids is 4. The first-order chi connectivity index (χ1) is 20.2.